The van der Waals surface area contributed by atoms with E-state index in [-0.39, 0.29) is 0 Å². The van der Waals surface area contributed by atoms with Crippen molar-refractivity contribution >= 4 is 11.5 Å². The highest BCUT2D eigenvalue weighted by Gasteiger charge is 2.20. The minimum atomic E-state index is 0.332. The molecule has 0 saturated carbocycles. The Kier molecular flexibility index (Phi) is 3.60. The zero-order chi connectivity index (χ0) is 11.4. The normalized spacial score (nSPS) is 17.4. The minimum absolute atomic E-state index is 0.332. The Balaban J connectivity index is 1.88. The lowest BCUT2D eigenvalue weighted by molar-refractivity contribution is -0.118. The van der Waals surface area contributed by atoms with E-state index in [2.05, 4.69) is 29.2 Å². The molecule has 1 aromatic rings. The fourth-order valence-electron chi connectivity index (χ4n) is 2.44. The maximum absolute atomic E-state index is 11.0. The molecular formula is C14H19NO. The number of nitrogens with zero attached hydrogens (tertiary/aromatic N) is 1. The van der Waals surface area contributed by atoms with Gasteiger partial charge in [0.25, 0.3) is 0 Å². The molecule has 2 nitrogen and oxygen atoms in total. The molecule has 1 fully saturated rings. The van der Waals surface area contributed by atoms with E-state index in [9.17, 15) is 4.79 Å². The largest absolute Gasteiger partial charge is 0.372 e. The number of piperidine rings is 1. The average molecular weight is 217 g/mol. The number of ketones is 1. The van der Waals surface area contributed by atoms with Gasteiger partial charge in [0.15, 0.2) is 0 Å². The van der Waals surface area contributed by atoms with E-state index in [0.717, 1.165) is 32.4 Å². The van der Waals surface area contributed by atoms with Crippen LogP contribution in [0.3, 0.4) is 0 Å². The van der Waals surface area contributed by atoms with Crippen LogP contribution in [0.25, 0.3) is 0 Å². The summed E-state index contributed by atoms with van der Waals surface area (Å²) in [5.41, 5.74) is 1.31. The third kappa shape index (κ3) is 2.84. The van der Waals surface area contributed by atoms with Gasteiger partial charge in [-0.15, -0.1) is 0 Å². The number of carbonyl (C=O) groups is 1. The van der Waals surface area contributed by atoms with Gasteiger partial charge in [-0.25, -0.2) is 0 Å². The average Bonchev–Trinajstić information content (AvgIpc) is 2.30. The van der Waals surface area contributed by atoms with Gasteiger partial charge in [0.05, 0.1) is 0 Å². The molecule has 0 spiro atoms. The lowest BCUT2D eigenvalue weighted by Crippen LogP contribution is -2.34. The van der Waals surface area contributed by atoms with Crippen LogP contribution in [0.5, 0.6) is 0 Å². The van der Waals surface area contributed by atoms with Crippen LogP contribution >= 0.6 is 0 Å². The zero-order valence-electron chi connectivity index (χ0n) is 9.86. The van der Waals surface area contributed by atoms with Crippen molar-refractivity contribution in [1.29, 1.82) is 0 Å². The van der Waals surface area contributed by atoms with Crippen molar-refractivity contribution in [3.63, 3.8) is 0 Å². The van der Waals surface area contributed by atoms with Gasteiger partial charge in [-0.3, -0.25) is 0 Å². The highest BCUT2D eigenvalue weighted by Crippen LogP contribution is 2.24. The van der Waals surface area contributed by atoms with Gasteiger partial charge in [-0.2, -0.15) is 0 Å². The van der Waals surface area contributed by atoms with Crippen molar-refractivity contribution in [2.75, 3.05) is 18.0 Å². The predicted molar refractivity (Wildman–Crippen MR) is 66.7 cm³/mol. The topological polar surface area (TPSA) is 20.3 Å². The number of hydrogen-bond donors (Lipinski definition) is 0. The van der Waals surface area contributed by atoms with Crippen molar-refractivity contribution in [1.82, 2.24) is 0 Å². The van der Waals surface area contributed by atoms with E-state index in [1.807, 2.05) is 6.07 Å². The summed E-state index contributed by atoms with van der Waals surface area (Å²) in [5.74, 6) is 0.940. The molecule has 0 amide bonds. The summed E-state index contributed by atoms with van der Waals surface area (Å²) in [6.45, 7) is 3.87. The van der Waals surface area contributed by atoms with Gasteiger partial charge in [0.2, 0.25) is 0 Å². The zero-order valence-corrected chi connectivity index (χ0v) is 9.86. The lowest BCUT2D eigenvalue weighted by atomic mass is 9.92. The molecule has 0 aromatic heterocycles. The van der Waals surface area contributed by atoms with Crippen molar-refractivity contribution < 1.29 is 4.79 Å². The summed E-state index contributed by atoms with van der Waals surface area (Å²) in [7, 11) is 0. The second-order valence-corrected chi connectivity index (χ2v) is 4.67. The van der Waals surface area contributed by atoms with Crippen molar-refractivity contribution in [3.05, 3.63) is 30.3 Å². The Labute approximate surface area is 97.3 Å². The number of Topliss-reactive ketones (excluding diaryl/α,β-unsaturated/α-hetero) is 1. The van der Waals surface area contributed by atoms with E-state index in [1.165, 1.54) is 5.69 Å². The van der Waals surface area contributed by atoms with E-state index in [4.69, 9.17) is 0 Å². The standard InChI is InChI=1S/C14H19NO/c1-12(16)11-13-7-9-15(10-8-13)14-5-3-2-4-6-14/h2-6,13H,7-11H2,1H3. The minimum Gasteiger partial charge on any atom is -0.372 e. The fraction of sp³-hybridized carbons (Fsp3) is 0.500. The van der Waals surface area contributed by atoms with Gasteiger partial charge >= 0.3 is 0 Å². The van der Waals surface area contributed by atoms with Crippen molar-refractivity contribution in [2.45, 2.75) is 26.2 Å². The summed E-state index contributed by atoms with van der Waals surface area (Å²) in [4.78, 5) is 13.5. The first-order valence-corrected chi connectivity index (χ1v) is 6.05. The molecule has 0 atom stereocenters. The molecular weight excluding hydrogens is 198 g/mol. The molecule has 1 aliphatic rings. The number of benzene rings is 1. The SMILES string of the molecule is CC(=O)CC1CCN(c2ccccc2)CC1. The second-order valence-electron chi connectivity index (χ2n) is 4.67. The number of para-hydroxylation sites is 1. The van der Waals surface area contributed by atoms with Crippen LogP contribution in [-0.4, -0.2) is 18.9 Å². The summed E-state index contributed by atoms with van der Waals surface area (Å²) >= 11 is 0. The Bertz CT molecular complexity index is 339. The molecule has 1 heterocycles. The molecule has 86 valence electrons. The molecule has 2 rings (SSSR count). The van der Waals surface area contributed by atoms with E-state index in [0.29, 0.717) is 11.7 Å². The molecule has 0 unspecified atom stereocenters. The fourth-order valence-corrected chi connectivity index (χ4v) is 2.44. The summed E-state index contributed by atoms with van der Waals surface area (Å²) < 4.78 is 0. The first-order valence-electron chi connectivity index (χ1n) is 6.05. The number of anilines is 1. The lowest BCUT2D eigenvalue weighted by Gasteiger charge is -2.33. The second kappa shape index (κ2) is 5.15. The van der Waals surface area contributed by atoms with Crippen LogP contribution in [0.2, 0.25) is 0 Å². The van der Waals surface area contributed by atoms with Crippen LogP contribution in [-0.2, 0) is 4.79 Å². The molecule has 1 saturated heterocycles. The molecule has 2 heteroatoms. The molecule has 0 aliphatic carbocycles. The number of rotatable bonds is 3. The molecule has 16 heavy (non-hydrogen) atoms. The summed E-state index contributed by atoms with van der Waals surface area (Å²) in [6.07, 6.45) is 3.06. The first kappa shape index (κ1) is 11.2. The summed E-state index contributed by atoms with van der Waals surface area (Å²) in [5, 5.41) is 0. The van der Waals surface area contributed by atoms with Gasteiger partial charge in [0, 0.05) is 25.2 Å². The Morgan fingerprint density at radius 1 is 1.25 bits per heavy atom. The number of hydrogen-bond acceptors (Lipinski definition) is 2. The van der Waals surface area contributed by atoms with E-state index >= 15 is 0 Å². The van der Waals surface area contributed by atoms with Crippen LogP contribution in [0, 0.1) is 5.92 Å². The predicted octanol–water partition coefficient (Wildman–Crippen LogP) is 2.88. The quantitative estimate of drug-likeness (QED) is 0.776. The van der Waals surface area contributed by atoms with E-state index < -0.39 is 0 Å². The Morgan fingerprint density at radius 3 is 2.44 bits per heavy atom. The smallest absolute Gasteiger partial charge is 0.130 e. The maximum atomic E-state index is 11.0. The molecule has 0 radical (unpaired) electrons. The van der Waals surface area contributed by atoms with Gasteiger partial charge in [-0.1, -0.05) is 18.2 Å². The van der Waals surface area contributed by atoms with Crippen LogP contribution < -0.4 is 4.90 Å². The third-order valence-corrected chi connectivity index (χ3v) is 3.31. The summed E-state index contributed by atoms with van der Waals surface area (Å²) in [6, 6.07) is 10.5. The monoisotopic (exact) mass is 217 g/mol. The maximum Gasteiger partial charge on any atom is 0.130 e. The molecule has 1 aliphatic heterocycles. The van der Waals surface area contributed by atoms with Gasteiger partial charge < -0.3 is 9.69 Å². The Morgan fingerprint density at radius 2 is 1.88 bits per heavy atom. The van der Waals surface area contributed by atoms with Gasteiger partial charge in [-0.05, 0) is 37.8 Å². The number of carbonyl (C=O) groups excluding carboxylic acids is 1. The molecule has 0 bridgehead atoms. The molecule has 1 aromatic carbocycles. The first-order chi connectivity index (χ1) is 7.75. The van der Waals surface area contributed by atoms with E-state index in [1.54, 1.807) is 6.92 Å². The molecule has 0 N–H and O–H groups in total. The van der Waals surface area contributed by atoms with Crippen LogP contribution in [0.1, 0.15) is 26.2 Å². The Hall–Kier alpha value is -1.31. The highest BCUT2D eigenvalue weighted by atomic mass is 16.1. The van der Waals surface area contributed by atoms with Crippen molar-refractivity contribution in [3.8, 4) is 0 Å². The van der Waals surface area contributed by atoms with Crippen molar-refractivity contribution in [2.24, 2.45) is 5.92 Å². The van der Waals surface area contributed by atoms with Crippen LogP contribution in [0.4, 0.5) is 5.69 Å². The third-order valence-electron chi connectivity index (χ3n) is 3.31. The van der Waals surface area contributed by atoms with Gasteiger partial charge in [0.1, 0.15) is 5.78 Å². The highest BCUT2D eigenvalue weighted by molar-refractivity contribution is 5.75. The van der Waals surface area contributed by atoms with Crippen LogP contribution in [0.15, 0.2) is 30.3 Å².